The SMILES string of the molecule is CC(NS(C)(=O)=O)c1nnc(SCc2ccccc2)n1-c1ccc(Cl)cc1Cl. The molecule has 1 atom stereocenters. The minimum absolute atomic E-state index is 0.418. The lowest BCUT2D eigenvalue weighted by atomic mass is 10.2. The fourth-order valence-corrected chi connectivity index (χ4v) is 4.79. The van der Waals surface area contributed by atoms with Gasteiger partial charge in [-0.2, -0.15) is 0 Å². The number of rotatable bonds is 7. The molecule has 0 saturated carbocycles. The van der Waals surface area contributed by atoms with Gasteiger partial charge in [-0.3, -0.25) is 4.57 Å². The summed E-state index contributed by atoms with van der Waals surface area (Å²) in [4.78, 5) is 0. The molecule has 0 saturated heterocycles. The number of thioether (sulfide) groups is 1. The van der Waals surface area contributed by atoms with E-state index in [-0.39, 0.29) is 0 Å². The fraction of sp³-hybridized carbons (Fsp3) is 0.222. The molecule has 3 aromatic rings. The summed E-state index contributed by atoms with van der Waals surface area (Å²) in [7, 11) is -3.43. The molecule has 10 heteroatoms. The number of nitrogens with zero attached hydrogens (tertiary/aromatic N) is 3. The van der Waals surface area contributed by atoms with Crippen molar-refractivity contribution in [2.24, 2.45) is 0 Å². The predicted molar refractivity (Wildman–Crippen MR) is 114 cm³/mol. The average Bonchev–Trinajstić information content (AvgIpc) is 3.03. The van der Waals surface area contributed by atoms with Crippen LogP contribution in [0.4, 0.5) is 0 Å². The van der Waals surface area contributed by atoms with Crippen LogP contribution in [0.25, 0.3) is 5.69 Å². The Balaban J connectivity index is 2.02. The van der Waals surface area contributed by atoms with E-state index in [9.17, 15) is 8.42 Å². The van der Waals surface area contributed by atoms with E-state index in [0.717, 1.165) is 11.8 Å². The molecule has 6 nitrogen and oxygen atoms in total. The van der Waals surface area contributed by atoms with Crippen molar-refractivity contribution in [3.8, 4) is 5.69 Å². The maximum atomic E-state index is 11.7. The van der Waals surface area contributed by atoms with Gasteiger partial charge in [0, 0.05) is 10.8 Å². The van der Waals surface area contributed by atoms with E-state index < -0.39 is 16.1 Å². The van der Waals surface area contributed by atoms with Crippen molar-refractivity contribution in [3.05, 3.63) is 70.0 Å². The summed E-state index contributed by atoms with van der Waals surface area (Å²) in [5.74, 6) is 1.11. The topological polar surface area (TPSA) is 76.9 Å². The third-order valence-electron chi connectivity index (χ3n) is 3.80. The number of benzene rings is 2. The summed E-state index contributed by atoms with van der Waals surface area (Å²) >= 11 is 13.9. The third-order valence-corrected chi connectivity index (χ3v) is 6.12. The van der Waals surface area contributed by atoms with Gasteiger partial charge < -0.3 is 0 Å². The highest BCUT2D eigenvalue weighted by Crippen LogP contribution is 2.32. The number of hydrogen-bond acceptors (Lipinski definition) is 5. The second-order valence-corrected chi connectivity index (χ2v) is 9.72. The van der Waals surface area contributed by atoms with E-state index in [1.807, 2.05) is 30.3 Å². The Morgan fingerprint density at radius 3 is 2.50 bits per heavy atom. The summed E-state index contributed by atoms with van der Waals surface area (Å²) in [5.41, 5.74) is 1.76. The van der Waals surface area contributed by atoms with Crippen molar-refractivity contribution in [2.75, 3.05) is 6.26 Å². The van der Waals surface area contributed by atoms with Crippen molar-refractivity contribution in [2.45, 2.75) is 23.9 Å². The molecule has 3 rings (SSSR count). The van der Waals surface area contributed by atoms with E-state index >= 15 is 0 Å². The first-order chi connectivity index (χ1) is 13.2. The molecule has 0 aliphatic carbocycles. The number of nitrogens with one attached hydrogen (secondary N) is 1. The van der Waals surface area contributed by atoms with Crippen LogP contribution in [0.1, 0.15) is 24.4 Å². The molecule has 148 valence electrons. The Labute approximate surface area is 178 Å². The van der Waals surface area contributed by atoms with E-state index in [0.29, 0.717) is 32.5 Å². The van der Waals surface area contributed by atoms with Gasteiger partial charge >= 0.3 is 0 Å². The van der Waals surface area contributed by atoms with E-state index in [1.54, 1.807) is 29.7 Å². The Morgan fingerprint density at radius 2 is 1.86 bits per heavy atom. The monoisotopic (exact) mass is 456 g/mol. The fourth-order valence-electron chi connectivity index (χ4n) is 2.64. The maximum absolute atomic E-state index is 11.7. The van der Waals surface area contributed by atoms with E-state index in [1.165, 1.54) is 11.8 Å². The van der Waals surface area contributed by atoms with Crippen LogP contribution in [-0.2, 0) is 15.8 Å². The first kappa shape index (κ1) is 21.1. The zero-order chi connectivity index (χ0) is 20.3. The van der Waals surface area contributed by atoms with Crippen LogP contribution < -0.4 is 4.72 Å². The number of halogens is 2. The number of hydrogen-bond donors (Lipinski definition) is 1. The van der Waals surface area contributed by atoms with Crippen LogP contribution in [0.3, 0.4) is 0 Å². The van der Waals surface area contributed by atoms with Crippen molar-refractivity contribution in [1.29, 1.82) is 0 Å². The molecule has 0 bridgehead atoms. The van der Waals surface area contributed by atoms with Gasteiger partial charge in [-0.25, -0.2) is 13.1 Å². The van der Waals surface area contributed by atoms with E-state index in [2.05, 4.69) is 14.9 Å². The lowest BCUT2D eigenvalue weighted by Gasteiger charge is -2.16. The standard InChI is InChI=1S/C18H18Cl2N4O2S2/c1-12(23-28(2,25)26)17-21-22-18(27-11-13-6-4-3-5-7-13)24(17)16-9-8-14(19)10-15(16)20/h3-10,12,23H,11H2,1-2H3. The highest BCUT2D eigenvalue weighted by molar-refractivity contribution is 7.98. The van der Waals surface area contributed by atoms with Crippen LogP contribution in [0.15, 0.2) is 53.7 Å². The van der Waals surface area contributed by atoms with Crippen molar-refractivity contribution in [1.82, 2.24) is 19.5 Å². The number of aromatic nitrogens is 3. The van der Waals surface area contributed by atoms with Crippen LogP contribution in [0, 0.1) is 0 Å². The third kappa shape index (κ3) is 5.27. The minimum atomic E-state index is -3.43. The average molecular weight is 457 g/mol. The minimum Gasteiger partial charge on any atom is -0.271 e. The smallest absolute Gasteiger partial charge is 0.209 e. The Kier molecular flexibility index (Phi) is 6.67. The van der Waals surface area contributed by atoms with Gasteiger partial charge in [0.25, 0.3) is 0 Å². The molecule has 1 N–H and O–H groups in total. The molecule has 0 aliphatic rings. The summed E-state index contributed by atoms with van der Waals surface area (Å²) in [6.45, 7) is 1.71. The Hall–Kier alpha value is -1.58. The van der Waals surface area contributed by atoms with Gasteiger partial charge in [0.1, 0.15) is 0 Å². The first-order valence-electron chi connectivity index (χ1n) is 8.29. The zero-order valence-electron chi connectivity index (χ0n) is 15.1. The zero-order valence-corrected chi connectivity index (χ0v) is 18.3. The molecule has 0 amide bonds. The van der Waals surface area contributed by atoms with Gasteiger partial charge in [0.2, 0.25) is 10.0 Å². The predicted octanol–water partition coefficient (Wildman–Crippen LogP) is 4.48. The highest BCUT2D eigenvalue weighted by Gasteiger charge is 2.23. The molecular formula is C18H18Cl2N4O2S2. The van der Waals surface area contributed by atoms with Crippen LogP contribution in [0.2, 0.25) is 10.0 Å². The molecule has 0 radical (unpaired) electrons. The summed E-state index contributed by atoms with van der Waals surface area (Å²) in [6.07, 6.45) is 1.10. The first-order valence-corrected chi connectivity index (χ1v) is 11.9. The van der Waals surface area contributed by atoms with E-state index in [4.69, 9.17) is 23.2 Å². The molecule has 1 aromatic heterocycles. The van der Waals surface area contributed by atoms with Gasteiger partial charge in [-0.15, -0.1) is 10.2 Å². The van der Waals surface area contributed by atoms with Gasteiger partial charge in [-0.05, 0) is 30.7 Å². The van der Waals surface area contributed by atoms with Crippen LogP contribution in [0.5, 0.6) is 0 Å². The quantitative estimate of drug-likeness (QED) is 0.530. The largest absolute Gasteiger partial charge is 0.271 e. The van der Waals surface area contributed by atoms with Gasteiger partial charge in [0.15, 0.2) is 11.0 Å². The van der Waals surface area contributed by atoms with Crippen molar-refractivity contribution < 1.29 is 8.42 Å². The highest BCUT2D eigenvalue weighted by atomic mass is 35.5. The molecule has 1 unspecified atom stereocenters. The summed E-state index contributed by atoms with van der Waals surface area (Å²) in [6, 6.07) is 14.5. The maximum Gasteiger partial charge on any atom is 0.209 e. The summed E-state index contributed by atoms with van der Waals surface area (Å²) < 4.78 is 27.6. The van der Waals surface area contributed by atoms with Gasteiger partial charge in [0.05, 0.1) is 23.0 Å². The van der Waals surface area contributed by atoms with Crippen molar-refractivity contribution in [3.63, 3.8) is 0 Å². The second kappa shape index (κ2) is 8.84. The van der Waals surface area contributed by atoms with Crippen LogP contribution in [-0.4, -0.2) is 29.4 Å². The Bertz CT molecular complexity index is 1070. The van der Waals surface area contributed by atoms with Gasteiger partial charge in [-0.1, -0.05) is 65.3 Å². The molecule has 2 aromatic carbocycles. The van der Waals surface area contributed by atoms with Crippen molar-refractivity contribution >= 4 is 45.0 Å². The molecule has 28 heavy (non-hydrogen) atoms. The normalized spacial score (nSPS) is 12.9. The lowest BCUT2D eigenvalue weighted by molar-refractivity contribution is 0.561. The summed E-state index contributed by atoms with van der Waals surface area (Å²) in [5, 5.41) is 10.0. The Morgan fingerprint density at radius 1 is 1.14 bits per heavy atom. The molecule has 0 spiro atoms. The molecular weight excluding hydrogens is 439 g/mol. The van der Waals surface area contributed by atoms with Crippen LogP contribution >= 0.6 is 35.0 Å². The lowest BCUT2D eigenvalue weighted by Crippen LogP contribution is -2.27. The second-order valence-electron chi connectivity index (χ2n) is 6.16. The molecule has 0 aliphatic heterocycles. The molecule has 0 fully saturated rings. The number of sulfonamides is 1. The molecule has 1 heterocycles.